The van der Waals surface area contributed by atoms with Gasteiger partial charge in [0.1, 0.15) is 5.60 Å². The zero-order valence-corrected chi connectivity index (χ0v) is 12.2. The molecule has 0 aliphatic heterocycles. The van der Waals surface area contributed by atoms with Crippen LogP contribution in [0, 0.1) is 0 Å². The number of nitrogens with one attached hydrogen (secondary N) is 1. The number of carbonyl (C=O) groups excluding carboxylic acids is 1. The highest BCUT2D eigenvalue weighted by Crippen LogP contribution is 2.06. The van der Waals surface area contributed by atoms with Gasteiger partial charge < -0.3 is 18.9 Å². The van der Waals surface area contributed by atoms with Crippen molar-refractivity contribution in [2.45, 2.75) is 26.4 Å². The first-order valence-corrected chi connectivity index (χ1v) is 6.21. The van der Waals surface area contributed by atoms with Crippen molar-refractivity contribution in [2.75, 3.05) is 46.8 Å². The zero-order valence-electron chi connectivity index (χ0n) is 12.2. The van der Waals surface area contributed by atoms with Crippen LogP contribution >= 0.6 is 0 Å². The van der Waals surface area contributed by atoms with Crippen LogP contribution in [0.25, 0.3) is 0 Å². The molecule has 7 heteroatoms. The van der Waals surface area contributed by atoms with Gasteiger partial charge in [-0.3, -0.25) is 4.84 Å². The summed E-state index contributed by atoms with van der Waals surface area (Å²) < 4.78 is 20.2. The van der Waals surface area contributed by atoms with Gasteiger partial charge in [0.25, 0.3) is 0 Å². The zero-order chi connectivity index (χ0) is 14.6. The molecule has 0 spiro atoms. The van der Waals surface area contributed by atoms with Gasteiger partial charge in [0.05, 0.1) is 39.6 Å². The fourth-order valence-corrected chi connectivity index (χ4v) is 0.974. The molecule has 7 nitrogen and oxygen atoms in total. The lowest BCUT2D eigenvalue weighted by Gasteiger charge is -2.19. The topological polar surface area (TPSA) is 75.3 Å². The van der Waals surface area contributed by atoms with Crippen LogP contribution in [0.15, 0.2) is 0 Å². The first-order chi connectivity index (χ1) is 8.95. The Morgan fingerprint density at radius 3 is 2.00 bits per heavy atom. The summed E-state index contributed by atoms with van der Waals surface area (Å²) in [5, 5.41) is 0. The van der Waals surface area contributed by atoms with E-state index in [0.717, 1.165) is 0 Å². The van der Waals surface area contributed by atoms with Gasteiger partial charge in [-0.15, -0.1) is 0 Å². The smallest absolute Gasteiger partial charge is 0.431 e. The molecule has 0 aromatic heterocycles. The molecule has 19 heavy (non-hydrogen) atoms. The summed E-state index contributed by atoms with van der Waals surface area (Å²) in [7, 11) is 1.62. The van der Waals surface area contributed by atoms with Crippen molar-refractivity contribution in [3.63, 3.8) is 0 Å². The summed E-state index contributed by atoms with van der Waals surface area (Å²) in [6.07, 6.45) is -0.615. The van der Waals surface area contributed by atoms with E-state index in [1.165, 1.54) is 0 Å². The second-order valence-electron chi connectivity index (χ2n) is 4.67. The van der Waals surface area contributed by atoms with E-state index in [-0.39, 0.29) is 6.61 Å². The Kier molecular flexibility index (Phi) is 10.5. The fraction of sp³-hybridized carbons (Fsp3) is 0.917. The normalized spacial score (nSPS) is 11.4. The van der Waals surface area contributed by atoms with E-state index in [1.54, 1.807) is 27.9 Å². The van der Waals surface area contributed by atoms with Crippen LogP contribution in [0.2, 0.25) is 0 Å². The lowest BCUT2D eigenvalue weighted by atomic mass is 10.2. The number of hydroxylamine groups is 1. The van der Waals surface area contributed by atoms with Crippen LogP contribution in [0.1, 0.15) is 20.8 Å². The summed E-state index contributed by atoms with van der Waals surface area (Å²) in [6, 6.07) is 0. The maximum atomic E-state index is 11.2. The van der Waals surface area contributed by atoms with Crippen LogP contribution in [-0.4, -0.2) is 58.4 Å². The number of ether oxygens (including phenoxy) is 4. The number of hydrogen-bond donors (Lipinski definition) is 1. The second kappa shape index (κ2) is 11.0. The Labute approximate surface area is 114 Å². The number of rotatable bonds is 10. The Morgan fingerprint density at radius 2 is 1.47 bits per heavy atom. The molecular weight excluding hydrogens is 254 g/mol. The Balaban J connectivity index is 3.21. The molecule has 0 saturated heterocycles. The van der Waals surface area contributed by atoms with E-state index >= 15 is 0 Å². The van der Waals surface area contributed by atoms with Crippen LogP contribution in [0.5, 0.6) is 0 Å². The molecule has 114 valence electrons. The minimum atomic E-state index is -0.615. The molecule has 0 heterocycles. The van der Waals surface area contributed by atoms with Crippen LogP contribution < -0.4 is 5.48 Å². The van der Waals surface area contributed by atoms with Gasteiger partial charge in [-0.1, -0.05) is 0 Å². The van der Waals surface area contributed by atoms with Crippen LogP contribution in [0.3, 0.4) is 0 Å². The molecule has 1 amide bonds. The molecule has 1 N–H and O–H groups in total. The van der Waals surface area contributed by atoms with Gasteiger partial charge in [0.2, 0.25) is 0 Å². The van der Waals surface area contributed by atoms with Crippen molar-refractivity contribution in [2.24, 2.45) is 0 Å². The number of amides is 1. The predicted molar refractivity (Wildman–Crippen MR) is 68.8 cm³/mol. The van der Waals surface area contributed by atoms with E-state index in [1.807, 2.05) is 0 Å². The Morgan fingerprint density at radius 1 is 0.947 bits per heavy atom. The average Bonchev–Trinajstić information content (AvgIpc) is 2.29. The van der Waals surface area contributed by atoms with Crippen molar-refractivity contribution in [1.29, 1.82) is 0 Å². The third-order valence-corrected chi connectivity index (χ3v) is 1.69. The quantitative estimate of drug-likeness (QED) is 0.477. The molecule has 0 aliphatic carbocycles. The lowest BCUT2D eigenvalue weighted by Crippen LogP contribution is -2.33. The highest BCUT2D eigenvalue weighted by atomic mass is 16.7. The van der Waals surface area contributed by atoms with E-state index in [2.05, 4.69) is 5.48 Å². The minimum Gasteiger partial charge on any atom is -0.442 e. The molecule has 0 atom stereocenters. The molecule has 0 bridgehead atoms. The van der Waals surface area contributed by atoms with Crippen molar-refractivity contribution in [1.82, 2.24) is 5.48 Å². The molecule has 0 rings (SSSR count). The summed E-state index contributed by atoms with van der Waals surface area (Å²) >= 11 is 0. The number of carbonyl (C=O) groups is 1. The highest BCUT2D eigenvalue weighted by molar-refractivity contribution is 5.66. The largest absolute Gasteiger partial charge is 0.442 e. The summed E-state index contributed by atoms with van der Waals surface area (Å²) in [6.45, 7) is 8.04. The average molecular weight is 279 g/mol. The maximum absolute atomic E-state index is 11.2. The first-order valence-electron chi connectivity index (χ1n) is 6.21. The van der Waals surface area contributed by atoms with E-state index < -0.39 is 11.7 Å². The molecular formula is C12H25NO6. The van der Waals surface area contributed by atoms with Gasteiger partial charge in [0, 0.05) is 7.11 Å². The summed E-state index contributed by atoms with van der Waals surface area (Å²) in [5.41, 5.74) is 1.63. The predicted octanol–water partition coefficient (Wildman–Crippen LogP) is 1.12. The van der Waals surface area contributed by atoms with Gasteiger partial charge in [-0.2, -0.15) is 5.48 Å². The Bertz CT molecular complexity index is 229. The first kappa shape index (κ1) is 18.1. The summed E-state index contributed by atoms with van der Waals surface area (Å²) in [5.74, 6) is 0. The van der Waals surface area contributed by atoms with Gasteiger partial charge >= 0.3 is 6.09 Å². The molecule has 0 aromatic carbocycles. The molecule has 0 aliphatic rings. The SMILES string of the molecule is COCCOCCOCCONC(=O)OC(C)(C)C. The minimum absolute atomic E-state index is 0.247. The van der Waals surface area contributed by atoms with Crippen molar-refractivity contribution < 1.29 is 28.6 Å². The van der Waals surface area contributed by atoms with Gasteiger partial charge in [-0.05, 0) is 20.8 Å². The van der Waals surface area contributed by atoms with Crippen molar-refractivity contribution in [3.05, 3.63) is 0 Å². The molecule has 0 radical (unpaired) electrons. The molecule has 0 saturated carbocycles. The van der Waals surface area contributed by atoms with Crippen molar-refractivity contribution >= 4 is 6.09 Å². The van der Waals surface area contributed by atoms with Gasteiger partial charge in [0.15, 0.2) is 0 Å². The van der Waals surface area contributed by atoms with Crippen LogP contribution in [-0.2, 0) is 23.8 Å². The maximum Gasteiger partial charge on any atom is 0.431 e. The molecule has 0 aromatic rings. The van der Waals surface area contributed by atoms with Crippen LogP contribution in [0.4, 0.5) is 4.79 Å². The number of hydrogen-bond acceptors (Lipinski definition) is 6. The second-order valence-corrected chi connectivity index (χ2v) is 4.67. The highest BCUT2D eigenvalue weighted by Gasteiger charge is 2.15. The molecule has 0 fully saturated rings. The number of methoxy groups -OCH3 is 1. The van der Waals surface area contributed by atoms with E-state index in [0.29, 0.717) is 33.0 Å². The Hall–Kier alpha value is -0.890. The van der Waals surface area contributed by atoms with E-state index in [9.17, 15) is 4.79 Å². The lowest BCUT2D eigenvalue weighted by molar-refractivity contribution is -0.0345. The van der Waals surface area contributed by atoms with Gasteiger partial charge in [-0.25, -0.2) is 4.79 Å². The fourth-order valence-electron chi connectivity index (χ4n) is 0.974. The summed E-state index contributed by atoms with van der Waals surface area (Å²) in [4.78, 5) is 16.0. The third kappa shape index (κ3) is 15.1. The standard InChI is InChI=1S/C12H25NO6/c1-12(2,3)19-11(14)13-18-10-9-17-8-7-16-6-5-15-4/h5-10H2,1-4H3,(H,13,14). The monoisotopic (exact) mass is 279 g/mol. The van der Waals surface area contributed by atoms with Crippen molar-refractivity contribution in [3.8, 4) is 0 Å². The third-order valence-electron chi connectivity index (χ3n) is 1.69. The van der Waals surface area contributed by atoms with E-state index in [4.69, 9.17) is 23.8 Å². The molecule has 0 unspecified atom stereocenters.